The van der Waals surface area contributed by atoms with Crippen LogP contribution in [0.4, 0.5) is 0 Å². The molecule has 1 amide bonds. The summed E-state index contributed by atoms with van der Waals surface area (Å²) in [5.41, 5.74) is 2.45. The zero-order valence-corrected chi connectivity index (χ0v) is 16.6. The molecule has 0 bridgehead atoms. The number of benzene rings is 2. The van der Waals surface area contributed by atoms with Gasteiger partial charge in [0, 0.05) is 5.56 Å². The summed E-state index contributed by atoms with van der Waals surface area (Å²) in [5, 5.41) is 13.0. The van der Waals surface area contributed by atoms with Gasteiger partial charge in [0.25, 0.3) is 5.91 Å². The van der Waals surface area contributed by atoms with Crippen molar-refractivity contribution in [1.82, 2.24) is 20.2 Å². The molecule has 7 heteroatoms. The number of carbonyl (C=O) groups is 1. The van der Waals surface area contributed by atoms with E-state index in [1.165, 1.54) is 0 Å². The Labute approximate surface area is 164 Å². The van der Waals surface area contributed by atoms with Gasteiger partial charge >= 0.3 is 0 Å². The molecular weight excluding hydrogens is 356 g/mol. The van der Waals surface area contributed by atoms with Gasteiger partial charge in [0.15, 0.2) is 0 Å². The molecule has 3 N–H and O–H groups in total. The third kappa shape index (κ3) is 3.80. The highest BCUT2D eigenvalue weighted by Gasteiger charge is 2.18. The summed E-state index contributed by atoms with van der Waals surface area (Å²) >= 11 is 0. The molecule has 1 atom stereocenters. The van der Waals surface area contributed by atoms with Crippen molar-refractivity contribution < 1.29 is 14.6 Å². The minimum atomic E-state index is -0.161. The molecule has 1 heterocycles. The van der Waals surface area contributed by atoms with Crippen LogP contribution in [0.3, 0.4) is 0 Å². The largest absolute Gasteiger partial charge is 0.506 e. The van der Waals surface area contributed by atoms with E-state index < -0.39 is 0 Å². The second kappa shape index (κ2) is 8.31. The van der Waals surface area contributed by atoms with Gasteiger partial charge in [0.2, 0.25) is 0 Å². The van der Waals surface area contributed by atoms with Crippen LogP contribution >= 0.6 is 0 Å². The molecule has 28 heavy (non-hydrogen) atoms. The van der Waals surface area contributed by atoms with Crippen molar-refractivity contribution in [2.45, 2.75) is 26.9 Å². The van der Waals surface area contributed by atoms with Gasteiger partial charge in [-0.3, -0.25) is 9.69 Å². The van der Waals surface area contributed by atoms with Crippen LogP contribution < -0.4 is 10.1 Å². The fraction of sp³-hybridized carbons (Fsp3) is 0.333. The minimum absolute atomic E-state index is 0.0634. The Morgan fingerprint density at radius 1 is 1.29 bits per heavy atom. The van der Waals surface area contributed by atoms with Crippen LogP contribution in [0.25, 0.3) is 22.4 Å². The Balaban J connectivity index is 1.89. The lowest BCUT2D eigenvalue weighted by molar-refractivity contribution is 0.0874. The first-order valence-electron chi connectivity index (χ1n) is 9.39. The molecule has 1 unspecified atom stereocenters. The number of fused-ring (bicyclic) bond motifs is 1. The number of phenolic OH excluding ortho intramolecular Hbond substituents is 1. The van der Waals surface area contributed by atoms with Crippen LogP contribution in [0.5, 0.6) is 11.5 Å². The molecule has 7 nitrogen and oxygen atoms in total. The second-order valence-corrected chi connectivity index (χ2v) is 6.54. The Morgan fingerprint density at radius 2 is 2.04 bits per heavy atom. The highest BCUT2D eigenvalue weighted by Crippen LogP contribution is 2.32. The quantitative estimate of drug-likeness (QED) is 0.545. The van der Waals surface area contributed by atoms with Gasteiger partial charge in [-0.25, -0.2) is 4.98 Å². The van der Waals surface area contributed by atoms with Crippen molar-refractivity contribution in [3.8, 4) is 22.9 Å². The Hall–Kier alpha value is -3.06. The molecule has 2 aromatic carbocycles. The topological polar surface area (TPSA) is 90.5 Å². The average Bonchev–Trinajstić information content (AvgIpc) is 3.14. The van der Waals surface area contributed by atoms with Gasteiger partial charge in [-0.05, 0) is 50.3 Å². The van der Waals surface area contributed by atoms with E-state index >= 15 is 0 Å². The number of phenols is 1. The van der Waals surface area contributed by atoms with E-state index in [1.54, 1.807) is 37.4 Å². The van der Waals surface area contributed by atoms with Gasteiger partial charge < -0.3 is 20.1 Å². The SMILES string of the molecule is CCN(CC)C(C)NC(=O)c1ccc(-c2nc3c(O)cccc3[nH]2)c(OC)c1. The summed E-state index contributed by atoms with van der Waals surface area (Å²) in [7, 11) is 1.55. The number of aromatic nitrogens is 2. The summed E-state index contributed by atoms with van der Waals surface area (Å²) in [6.45, 7) is 7.82. The van der Waals surface area contributed by atoms with E-state index in [-0.39, 0.29) is 17.8 Å². The summed E-state index contributed by atoms with van der Waals surface area (Å²) in [4.78, 5) is 22.4. The molecule has 0 aliphatic heterocycles. The third-order valence-corrected chi connectivity index (χ3v) is 4.91. The van der Waals surface area contributed by atoms with Crippen molar-refractivity contribution in [3.05, 3.63) is 42.0 Å². The molecule has 0 saturated carbocycles. The van der Waals surface area contributed by atoms with Crippen LogP contribution in [0.15, 0.2) is 36.4 Å². The van der Waals surface area contributed by atoms with E-state index in [4.69, 9.17) is 4.74 Å². The van der Waals surface area contributed by atoms with Gasteiger partial charge in [-0.1, -0.05) is 19.9 Å². The Bertz CT molecular complexity index is 979. The van der Waals surface area contributed by atoms with Crippen LogP contribution in [0.1, 0.15) is 31.1 Å². The monoisotopic (exact) mass is 382 g/mol. The number of nitrogens with one attached hydrogen (secondary N) is 2. The number of ether oxygens (including phenoxy) is 1. The average molecular weight is 382 g/mol. The van der Waals surface area contributed by atoms with E-state index in [1.807, 2.05) is 13.0 Å². The number of para-hydroxylation sites is 1. The van der Waals surface area contributed by atoms with E-state index in [9.17, 15) is 9.90 Å². The van der Waals surface area contributed by atoms with Gasteiger partial charge in [-0.2, -0.15) is 0 Å². The normalized spacial score (nSPS) is 12.3. The van der Waals surface area contributed by atoms with Crippen LogP contribution in [-0.2, 0) is 0 Å². The number of imidazole rings is 1. The number of hydrogen-bond donors (Lipinski definition) is 3. The van der Waals surface area contributed by atoms with E-state index in [0.29, 0.717) is 28.2 Å². The lowest BCUT2D eigenvalue weighted by Crippen LogP contribution is -2.46. The highest BCUT2D eigenvalue weighted by atomic mass is 16.5. The van der Waals surface area contributed by atoms with Gasteiger partial charge in [0.05, 0.1) is 24.4 Å². The first-order valence-corrected chi connectivity index (χ1v) is 9.39. The number of H-pyrrole nitrogens is 1. The highest BCUT2D eigenvalue weighted by molar-refractivity contribution is 5.96. The lowest BCUT2D eigenvalue weighted by Gasteiger charge is -2.27. The summed E-state index contributed by atoms with van der Waals surface area (Å²) in [6.07, 6.45) is -0.0634. The molecule has 0 saturated heterocycles. The summed E-state index contributed by atoms with van der Waals surface area (Å²) in [6, 6.07) is 10.4. The molecule has 148 valence electrons. The molecule has 0 aliphatic carbocycles. The molecule has 0 spiro atoms. The van der Waals surface area contributed by atoms with E-state index in [2.05, 4.69) is 34.0 Å². The maximum absolute atomic E-state index is 12.6. The number of carbonyl (C=O) groups excluding carboxylic acids is 1. The standard InChI is InChI=1S/C21H26N4O3/c1-5-25(6-2)13(3)22-21(27)14-10-11-15(18(12-14)28-4)20-23-16-8-7-9-17(26)19(16)24-20/h7-13,26H,5-6H2,1-4H3,(H,22,27)(H,23,24). The zero-order valence-electron chi connectivity index (χ0n) is 16.6. The number of aromatic amines is 1. The smallest absolute Gasteiger partial charge is 0.252 e. The number of methoxy groups -OCH3 is 1. The van der Waals surface area contributed by atoms with E-state index in [0.717, 1.165) is 18.6 Å². The Kier molecular flexibility index (Phi) is 5.84. The van der Waals surface area contributed by atoms with Gasteiger partial charge in [0.1, 0.15) is 22.8 Å². The number of amides is 1. The molecule has 3 aromatic rings. The van der Waals surface area contributed by atoms with Crippen molar-refractivity contribution >= 4 is 16.9 Å². The maximum atomic E-state index is 12.6. The molecule has 0 aliphatic rings. The van der Waals surface area contributed by atoms with Crippen LogP contribution in [0.2, 0.25) is 0 Å². The minimum Gasteiger partial charge on any atom is -0.506 e. The number of nitrogens with zero attached hydrogens (tertiary/aromatic N) is 2. The molecule has 0 fully saturated rings. The molecule has 0 radical (unpaired) electrons. The fourth-order valence-corrected chi connectivity index (χ4v) is 3.31. The fourth-order valence-electron chi connectivity index (χ4n) is 3.31. The summed E-state index contributed by atoms with van der Waals surface area (Å²) < 4.78 is 5.50. The predicted octanol–water partition coefficient (Wildman–Crippen LogP) is 3.36. The molecule has 1 aromatic heterocycles. The lowest BCUT2D eigenvalue weighted by atomic mass is 10.1. The zero-order chi connectivity index (χ0) is 20.3. The first kappa shape index (κ1) is 19.7. The van der Waals surface area contributed by atoms with Crippen molar-refractivity contribution in [2.75, 3.05) is 20.2 Å². The number of hydrogen-bond acceptors (Lipinski definition) is 5. The number of rotatable bonds is 7. The second-order valence-electron chi connectivity index (χ2n) is 6.54. The van der Waals surface area contributed by atoms with Gasteiger partial charge in [-0.15, -0.1) is 0 Å². The number of aromatic hydroxyl groups is 1. The Morgan fingerprint density at radius 3 is 2.68 bits per heavy atom. The summed E-state index contributed by atoms with van der Waals surface area (Å²) in [5.74, 6) is 1.05. The predicted molar refractivity (Wildman–Crippen MR) is 110 cm³/mol. The first-order chi connectivity index (χ1) is 13.5. The third-order valence-electron chi connectivity index (χ3n) is 4.91. The van der Waals surface area contributed by atoms with Crippen LogP contribution in [-0.4, -0.2) is 52.2 Å². The van der Waals surface area contributed by atoms with Crippen molar-refractivity contribution in [2.24, 2.45) is 0 Å². The van der Waals surface area contributed by atoms with Crippen molar-refractivity contribution in [3.63, 3.8) is 0 Å². The maximum Gasteiger partial charge on any atom is 0.252 e. The van der Waals surface area contributed by atoms with Crippen LogP contribution in [0, 0.1) is 0 Å². The molecule has 3 rings (SSSR count). The van der Waals surface area contributed by atoms with Crippen molar-refractivity contribution in [1.29, 1.82) is 0 Å². The molecular formula is C21H26N4O3.